The Bertz CT molecular complexity index is 1180. The third-order valence-corrected chi connectivity index (χ3v) is 7.81. The molecule has 8 heteroatoms. The number of imidazole rings is 1. The first-order chi connectivity index (χ1) is 15.2. The zero-order chi connectivity index (χ0) is 21.2. The smallest absolute Gasteiger partial charge is 0.232 e. The van der Waals surface area contributed by atoms with Gasteiger partial charge in [0.1, 0.15) is 5.01 Å². The van der Waals surface area contributed by atoms with E-state index in [-0.39, 0.29) is 12.3 Å². The maximum atomic E-state index is 12.7. The van der Waals surface area contributed by atoms with Crippen LogP contribution in [0, 0.1) is 0 Å². The number of nitrogens with one attached hydrogen (secondary N) is 1. The van der Waals surface area contributed by atoms with Crippen LogP contribution in [0.5, 0.6) is 0 Å². The number of carbonyl (C=O) groups is 1. The second-order valence-corrected chi connectivity index (χ2v) is 9.91. The molecule has 31 heavy (non-hydrogen) atoms. The van der Waals surface area contributed by atoms with Gasteiger partial charge in [0.05, 0.1) is 12.1 Å². The number of nitrogens with zero attached hydrogens (tertiary/aromatic N) is 4. The number of amides is 1. The van der Waals surface area contributed by atoms with Crippen molar-refractivity contribution in [3.63, 3.8) is 0 Å². The van der Waals surface area contributed by atoms with Gasteiger partial charge in [-0.25, -0.2) is 4.98 Å². The fourth-order valence-electron chi connectivity index (χ4n) is 4.13. The van der Waals surface area contributed by atoms with E-state index in [1.54, 1.807) is 11.3 Å². The third kappa shape index (κ3) is 4.41. The fourth-order valence-corrected chi connectivity index (χ4v) is 5.94. The molecular formula is C23H25N5OS2. The highest BCUT2D eigenvalue weighted by molar-refractivity contribution is 7.15. The molecule has 3 aromatic heterocycles. The highest BCUT2D eigenvalue weighted by atomic mass is 32.1. The Morgan fingerprint density at radius 1 is 1.16 bits per heavy atom. The molecule has 0 saturated heterocycles. The lowest BCUT2D eigenvalue weighted by molar-refractivity contribution is -0.115. The van der Waals surface area contributed by atoms with Crippen LogP contribution < -0.4 is 5.32 Å². The second-order valence-electron chi connectivity index (χ2n) is 8.06. The minimum absolute atomic E-state index is 0.0754. The molecule has 0 unspecified atom stereocenters. The summed E-state index contributed by atoms with van der Waals surface area (Å²) in [6, 6.07) is 8.50. The Morgan fingerprint density at radius 2 is 1.97 bits per heavy atom. The van der Waals surface area contributed by atoms with E-state index in [1.165, 1.54) is 49.0 Å². The fraction of sp³-hybridized carbons (Fsp3) is 0.391. The van der Waals surface area contributed by atoms with Crippen LogP contribution in [0.15, 0.2) is 35.8 Å². The molecule has 1 saturated carbocycles. The molecule has 6 nitrogen and oxygen atoms in total. The molecule has 4 aromatic rings. The van der Waals surface area contributed by atoms with Crippen LogP contribution in [0.3, 0.4) is 0 Å². The van der Waals surface area contributed by atoms with Crippen molar-refractivity contribution in [1.82, 2.24) is 19.6 Å². The number of hydrogen-bond donors (Lipinski definition) is 1. The molecule has 1 N–H and O–H groups in total. The van der Waals surface area contributed by atoms with Crippen LogP contribution in [-0.2, 0) is 17.6 Å². The maximum absolute atomic E-state index is 12.7. The van der Waals surface area contributed by atoms with E-state index in [2.05, 4.69) is 46.7 Å². The zero-order valence-corrected chi connectivity index (χ0v) is 19.1. The van der Waals surface area contributed by atoms with Gasteiger partial charge in [-0.2, -0.15) is 0 Å². The van der Waals surface area contributed by atoms with Crippen molar-refractivity contribution in [2.45, 2.75) is 57.8 Å². The topological polar surface area (TPSA) is 72.2 Å². The van der Waals surface area contributed by atoms with Crippen molar-refractivity contribution < 1.29 is 4.79 Å². The van der Waals surface area contributed by atoms with Gasteiger partial charge < -0.3 is 5.32 Å². The second kappa shape index (κ2) is 8.88. The minimum atomic E-state index is -0.0754. The normalized spacial score (nSPS) is 14.9. The van der Waals surface area contributed by atoms with Crippen molar-refractivity contribution in [3.8, 4) is 11.3 Å². The highest BCUT2D eigenvalue weighted by Gasteiger charge is 2.20. The van der Waals surface area contributed by atoms with Crippen molar-refractivity contribution in [3.05, 3.63) is 52.1 Å². The lowest BCUT2D eigenvalue weighted by atomic mass is 9.90. The first-order valence-corrected chi connectivity index (χ1v) is 12.6. The van der Waals surface area contributed by atoms with Gasteiger partial charge in [0.2, 0.25) is 11.0 Å². The lowest BCUT2D eigenvalue weighted by Gasteiger charge is -2.18. The summed E-state index contributed by atoms with van der Waals surface area (Å²) in [7, 11) is 0. The number of anilines is 1. The molecule has 1 aliphatic carbocycles. The van der Waals surface area contributed by atoms with Gasteiger partial charge in [-0.15, -0.1) is 21.5 Å². The Labute approximate surface area is 189 Å². The monoisotopic (exact) mass is 451 g/mol. The lowest BCUT2D eigenvalue weighted by Crippen LogP contribution is -2.15. The SMILES string of the molecule is CCc1ccc(-c2cn3c(CC(=O)Nc4nnc(C5CCCCC5)s4)csc3n2)cc1. The van der Waals surface area contributed by atoms with E-state index in [1.807, 2.05) is 16.0 Å². The van der Waals surface area contributed by atoms with Gasteiger partial charge in [0, 0.05) is 28.8 Å². The molecule has 0 bridgehead atoms. The molecule has 160 valence electrons. The van der Waals surface area contributed by atoms with E-state index in [0.717, 1.165) is 33.3 Å². The predicted molar refractivity (Wildman–Crippen MR) is 126 cm³/mol. The van der Waals surface area contributed by atoms with Crippen molar-refractivity contribution in [1.29, 1.82) is 0 Å². The zero-order valence-electron chi connectivity index (χ0n) is 17.5. The summed E-state index contributed by atoms with van der Waals surface area (Å²) in [6.45, 7) is 2.15. The molecule has 0 atom stereocenters. The van der Waals surface area contributed by atoms with E-state index < -0.39 is 0 Å². The van der Waals surface area contributed by atoms with E-state index in [4.69, 9.17) is 4.98 Å². The molecular weight excluding hydrogens is 426 g/mol. The summed E-state index contributed by atoms with van der Waals surface area (Å²) in [5, 5.41) is 15.1. The number of thiazole rings is 1. The van der Waals surface area contributed by atoms with E-state index in [9.17, 15) is 4.79 Å². The van der Waals surface area contributed by atoms with E-state index in [0.29, 0.717) is 11.0 Å². The van der Waals surface area contributed by atoms with Gasteiger partial charge in [-0.3, -0.25) is 9.20 Å². The summed E-state index contributed by atoms with van der Waals surface area (Å²) < 4.78 is 2.01. The molecule has 3 heterocycles. The van der Waals surface area contributed by atoms with Gasteiger partial charge in [-0.1, -0.05) is 61.8 Å². The minimum Gasteiger partial charge on any atom is -0.300 e. The van der Waals surface area contributed by atoms with Crippen molar-refractivity contribution in [2.24, 2.45) is 0 Å². The van der Waals surface area contributed by atoms with Crippen LogP contribution >= 0.6 is 22.7 Å². The quantitative estimate of drug-likeness (QED) is 0.408. The summed E-state index contributed by atoms with van der Waals surface area (Å²) >= 11 is 3.07. The molecule has 0 radical (unpaired) electrons. The number of hydrogen-bond acceptors (Lipinski definition) is 6. The van der Waals surface area contributed by atoms with Crippen LogP contribution in [0.2, 0.25) is 0 Å². The summed E-state index contributed by atoms with van der Waals surface area (Å²) in [5.41, 5.74) is 4.26. The third-order valence-electron chi connectivity index (χ3n) is 5.92. The molecule has 1 amide bonds. The Kier molecular flexibility index (Phi) is 5.82. The Morgan fingerprint density at radius 3 is 2.74 bits per heavy atom. The number of benzene rings is 1. The predicted octanol–water partition coefficient (Wildman–Crippen LogP) is 5.71. The van der Waals surface area contributed by atoms with Crippen LogP contribution in [0.4, 0.5) is 5.13 Å². The Balaban J connectivity index is 1.27. The number of carbonyl (C=O) groups excluding carboxylic acids is 1. The van der Waals surface area contributed by atoms with Gasteiger partial charge >= 0.3 is 0 Å². The molecule has 1 aliphatic rings. The number of aryl methyl sites for hydroxylation is 1. The number of aromatic nitrogens is 4. The first-order valence-electron chi connectivity index (χ1n) is 10.9. The van der Waals surface area contributed by atoms with Gasteiger partial charge in [0.25, 0.3) is 0 Å². The molecule has 5 rings (SSSR count). The largest absolute Gasteiger partial charge is 0.300 e. The summed E-state index contributed by atoms with van der Waals surface area (Å²) in [4.78, 5) is 18.3. The molecule has 0 spiro atoms. The first kappa shape index (κ1) is 20.3. The number of rotatable bonds is 6. The van der Waals surface area contributed by atoms with Crippen molar-refractivity contribution >= 4 is 38.7 Å². The molecule has 1 aromatic carbocycles. The summed E-state index contributed by atoms with van der Waals surface area (Å²) in [5.74, 6) is 0.428. The van der Waals surface area contributed by atoms with Crippen LogP contribution in [-0.4, -0.2) is 25.5 Å². The number of fused-ring (bicyclic) bond motifs is 1. The average Bonchev–Trinajstić information content (AvgIpc) is 3.52. The van der Waals surface area contributed by atoms with Gasteiger partial charge in [0.15, 0.2) is 4.96 Å². The maximum Gasteiger partial charge on any atom is 0.232 e. The Hall–Kier alpha value is -2.58. The molecule has 1 fully saturated rings. The summed E-state index contributed by atoms with van der Waals surface area (Å²) in [6.07, 6.45) is 9.51. The van der Waals surface area contributed by atoms with Crippen LogP contribution in [0.25, 0.3) is 16.2 Å². The average molecular weight is 452 g/mol. The standard InChI is InChI=1S/C23H25N5OS2/c1-2-15-8-10-16(11-9-15)19-13-28-18(14-30-23(28)24-19)12-20(29)25-22-27-26-21(31-22)17-6-4-3-5-7-17/h8-11,13-14,17H,2-7,12H2,1H3,(H,25,27,29). The van der Waals surface area contributed by atoms with Crippen LogP contribution in [0.1, 0.15) is 61.2 Å². The molecule has 0 aliphatic heterocycles. The van der Waals surface area contributed by atoms with Crippen molar-refractivity contribution in [2.75, 3.05) is 5.32 Å². The highest BCUT2D eigenvalue weighted by Crippen LogP contribution is 2.35. The van der Waals surface area contributed by atoms with E-state index >= 15 is 0 Å². The van der Waals surface area contributed by atoms with Gasteiger partial charge in [-0.05, 0) is 24.8 Å².